The molecule has 3 rings (SSSR count). The molecule has 2 aliphatic rings. The van der Waals surface area contributed by atoms with E-state index in [2.05, 4.69) is 19.2 Å². The number of rotatable bonds is 5. The van der Waals surface area contributed by atoms with Gasteiger partial charge in [-0.05, 0) is 68.4 Å². The summed E-state index contributed by atoms with van der Waals surface area (Å²) < 4.78 is 6.05. The van der Waals surface area contributed by atoms with Crippen LogP contribution in [0.2, 0.25) is 5.02 Å². The lowest BCUT2D eigenvalue weighted by Crippen LogP contribution is -2.38. The third-order valence-corrected chi connectivity index (χ3v) is 6.58. The lowest BCUT2D eigenvalue weighted by molar-refractivity contribution is -0.156. The monoisotopic (exact) mass is 421 g/mol. The van der Waals surface area contributed by atoms with E-state index in [-0.39, 0.29) is 5.92 Å². The van der Waals surface area contributed by atoms with Gasteiger partial charge in [-0.2, -0.15) is 0 Å². The van der Waals surface area contributed by atoms with E-state index < -0.39 is 17.7 Å². The first-order valence-electron chi connectivity index (χ1n) is 9.68. The molecule has 0 saturated heterocycles. The fourth-order valence-corrected chi connectivity index (χ4v) is 5.16. The molecule has 1 heterocycles. The molecule has 3 atom stereocenters. The van der Waals surface area contributed by atoms with Gasteiger partial charge in [0.05, 0.1) is 11.0 Å². The average Bonchev–Trinajstić information content (AvgIpc) is 3.01. The molecule has 2 unspecified atom stereocenters. The number of hydrogen-bond donors (Lipinski definition) is 2. The maximum atomic E-state index is 12.2. The molecule has 0 radical (unpaired) electrons. The number of benzene rings is 1. The first kappa shape index (κ1) is 21.3. The molecule has 0 fully saturated rings. The molecular weight excluding hydrogens is 394 g/mol. The maximum absolute atomic E-state index is 12.2. The number of nitrogens with one attached hydrogen (secondary N) is 1. The number of carboxylic acids is 1. The number of allylic oxidation sites excluding steroid dienone is 2. The highest BCUT2D eigenvalue weighted by molar-refractivity contribution is 8.04. The zero-order valence-electron chi connectivity index (χ0n) is 17.0. The van der Waals surface area contributed by atoms with Crippen molar-refractivity contribution >= 4 is 34.9 Å². The number of aliphatic carboxylic acids is 1. The lowest BCUT2D eigenvalue weighted by atomic mass is 9.80. The molecule has 2 N–H and O–H groups in total. The largest absolute Gasteiger partial charge is 0.479 e. The molecule has 0 aromatic heterocycles. The van der Waals surface area contributed by atoms with Crippen LogP contribution in [-0.2, 0) is 9.53 Å². The summed E-state index contributed by atoms with van der Waals surface area (Å²) in [5.74, 6) is -0.896. The summed E-state index contributed by atoms with van der Waals surface area (Å²) in [6.07, 6.45) is 0.801. The fourth-order valence-electron chi connectivity index (χ4n) is 3.75. The Labute approximate surface area is 176 Å². The topological polar surface area (TPSA) is 58.6 Å². The van der Waals surface area contributed by atoms with Gasteiger partial charge in [-0.3, -0.25) is 0 Å². The Hall–Kier alpha value is -1.43. The van der Waals surface area contributed by atoms with Crippen molar-refractivity contribution in [1.82, 2.24) is 5.32 Å². The Morgan fingerprint density at radius 2 is 2.00 bits per heavy atom. The smallest absolute Gasteiger partial charge is 0.337 e. The first-order chi connectivity index (χ1) is 13.1. The van der Waals surface area contributed by atoms with E-state index in [1.807, 2.05) is 45.0 Å². The molecule has 4 nitrogen and oxygen atoms in total. The van der Waals surface area contributed by atoms with Crippen LogP contribution in [0.4, 0.5) is 0 Å². The molecular formula is C22H28ClNO3S. The van der Waals surface area contributed by atoms with Crippen molar-refractivity contribution in [3.8, 4) is 0 Å². The van der Waals surface area contributed by atoms with Crippen molar-refractivity contribution in [3.05, 3.63) is 51.0 Å². The quantitative estimate of drug-likeness (QED) is 0.639. The van der Waals surface area contributed by atoms with Crippen LogP contribution in [0.1, 0.15) is 53.0 Å². The zero-order chi connectivity index (χ0) is 20.6. The number of thioether (sulfide) groups is 1. The summed E-state index contributed by atoms with van der Waals surface area (Å²) in [6.45, 7) is 9.92. The summed E-state index contributed by atoms with van der Waals surface area (Å²) in [5, 5.41) is 14.6. The number of halogens is 1. The Morgan fingerprint density at radius 3 is 2.54 bits per heavy atom. The fraction of sp³-hybridized carbons (Fsp3) is 0.500. The predicted octanol–water partition coefficient (Wildman–Crippen LogP) is 5.69. The van der Waals surface area contributed by atoms with Crippen LogP contribution >= 0.6 is 23.4 Å². The van der Waals surface area contributed by atoms with Gasteiger partial charge in [0.2, 0.25) is 0 Å². The minimum absolute atomic E-state index is 0.0524. The number of carboxylic acid groups (broad SMARTS) is 1. The summed E-state index contributed by atoms with van der Waals surface area (Å²) in [5.41, 5.74) is 3.44. The van der Waals surface area contributed by atoms with Crippen LogP contribution < -0.4 is 5.32 Å². The van der Waals surface area contributed by atoms with Crippen molar-refractivity contribution in [2.75, 3.05) is 0 Å². The minimum Gasteiger partial charge on any atom is -0.479 e. The maximum Gasteiger partial charge on any atom is 0.337 e. The molecule has 1 aliphatic heterocycles. The van der Waals surface area contributed by atoms with E-state index in [0.717, 1.165) is 34.5 Å². The van der Waals surface area contributed by atoms with Crippen LogP contribution in [0.25, 0.3) is 5.57 Å². The molecule has 0 amide bonds. The van der Waals surface area contributed by atoms with Crippen LogP contribution in [0.3, 0.4) is 0 Å². The normalized spacial score (nSPS) is 23.5. The second kappa shape index (κ2) is 8.13. The van der Waals surface area contributed by atoms with Crippen molar-refractivity contribution in [2.24, 2.45) is 5.92 Å². The molecule has 28 heavy (non-hydrogen) atoms. The number of ether oxygens (including phenoxy) is 1. The summed E-state index contributed by atoms with van der Waals surface area (Å²) >= 11 is 7.89. The highest BCUT2D eigenvalue weighted by Gasteiger charge is 2.40. The second-order valence-corrected chi connectivity index (χ2v) is 10.0. The van der Waals surface area contributed by atoms with Gasteiger partial charge in [0.25, 0.3) is 0 Å². The van der Waals surface area contributed by atoms with Crippen molar-refractivity contribution in [2.45, 2.75) is 64.5 Å². The van der Waals surface area contributed by atoms with Gasteiger partial charge >= 0.3 is 5.97 Å². The van der Waals surface area contributed by atoms with E-state index in [9.17, 15) is 9.90 Å². The van der Waals surface area contributed by atoms with Crippen molar-refractivity contribution in [3.63, 3.8) is 0 Å². The Kier molecular flexibility index (Phi) is 6.18. The van der Waals surface area contributed by atoms with Crippen molar-refractivity contribution < 1.29 is 14.6 Å². The van der Waals surface area contributed by atoms with E-state index in [1.165, 1.54) is 5.70 Å². The average molecular weight is 422 g/mol. The Balaban J connectivity index is 2.20. The Bertz CT molecular complexity index is 823. The number of hydrogen-bond acceptors (Lipinski definition) is 4. The third-order valence-electron chi connectivity index (χ3n) is 4.91. The second-order valence-electron chi connectivity index (χ2n) is 8.36. The molecule has 0 spiro atoms. The van der Waals surface area contributed by atoms with Gasteiger partial charge in [-0.1, -0.05) is 49.3 Å². The minimum atomic E-state index is -0.990. The molecule has 1 aromatic rings. The van der Waals surface area contributed by atoms with Gasteiger partial charge in [0.15, 0.2) is 6.10 Å². The van der Waals surface area contributed by atoms with E-state index in [4.69, 9.17) is 16.3 Å². The molecule has 0 bridgehead atoms. The SMILES string of the molecule is CCC1NC2=C(S1)C(c1ccc(Cl)cc1)=C([C@H](OC(C)(C)C)C(=O)O)C(C)C2. The van der Waals surface area contributed by atoms with E-state index in [0.29, 0.717) is 10.4 Å². The van der Waals surface area contributed by atoms with Gasteiger partial charge in [-0.15, -0.1) is 0 Å². The number of carbonyl (C=O) groups is 1. The molecule has 1 aromatic carbocycles. The predicted molar refractivity (Wildman–Crippen MR) is 116 cm³/mol. The van der Waals surface area contributed by atoms with Crippen LogP contribution in [0.15, 0.2) is 40.4 Å². The van der Waals surface area contributed by atoms with E-state index >= 15 is 0 Å². The first-order valence-corrected chi connectivity index (χ1v) is 10.9. The third kappa shape index (κ3) is 4.42. The summed E-state index contributed by atoms with van der Waals surface area (Å²) in [4.78, 5) is 13.4. The summed E-state index contributed by atoms with van der Waals surface area (Å²) in [7, 11) is 0. The van der Waals surface area contributed by atoms with Gasteiger partial charge in [0, 0.05) is 15.6 Å². The van der Waals surface area contributed by atoms with Crippen LogP contribution in [0, 0.1) is 5.92 Å². The molecule has 152 valence electrons. The molecule has 1 aliphatic carbocycles. The van der Waals surface area contributed by atoms with Gasteiger partial charge in [0.1, 0.15) is 0 Å². The van der Waals surface area contributed by atoms with Crippen molar-refractivity contribution in [1.29, 1.82) is 0 Å². The van der Waals surface area contributed by atoms with Gasteiger partial charge < -0.3 is 15.2 Å². The highest BCUT2D eigenvalue weighted by atomic mass is 35.5. The molecule has 0 saturated carbocycles. The molecule has 6 heteroatoms. The zero-order valence-corrected chi connectivity index (χ0v) is 18.6. The Morgan fingerprint density at radius 1 is 1.36 bits per heavy atom. The van der Waals surface area contributed by atoms with Crippen LogP contribution in [-0.4, -0.2) is 28.2 Å². The highest BCUT2D eigenvalue weighted by Crippen LogP contribution is 2.50. The lowest BCUT2D eigenvalue weighted by Gasteiger charge is -2.34. The van der Waals surface area contributed by atoms with Crippen LogP contribution in [0.5, 0.6) is 0 Å². The van der Waals surface area contributed by atoms with Gasteiger partial charge in [-0.25, -0.2) is 4.79 Å². The standard InChI is InChI=1S/C22H28ClNO3S/c1-6-16-24-15-11-12(2)17(19(21(25)26)27-22(3,4)5)18(20(15)28-16)13-7-9-14(23)10-8-13/h7-10,12,16,19,24H,6,11H2,1-5H3,(H,25,26)/t12?,16?,19-/m0/s1. The summed E-state index contributed by atoms with van der Waals surface area (Å²) in [6, 6.07) is 7.64. The van der Waals surface area contributed by atoms with E-state index in [1.54, 1.807) is 11.8 Å².